The first-order valence-corrected chi connectivity index (χ1v) is 13.3. The number of sulfonamides is 1. The number of carboxylic acid groups (broad SMARTS) is 1. The summed E-state index contributed by atoms with van der Waals surface area (Å²) in [4.78, 5) is 13.3. The molecule has 0 spiro atoms. The molecule has 0 saturated carbocycles. The highest BCUT2D eigenvalue weighted by Gasteiger charge is 2.45. The molecule has 34 heavy (non-hydrogen) atoms. The maximum atomic E-state index is 13.7. The zero-order valence-electron chi connectivity index (χ0n) is 18.4. The van der Waals surface area contributed by atoms with Crippen molar-refractivity contribution in [3.8, 4) is 5.75 Å². The quantitative estimate of drug-likeness (QED) is 0.455. The number of halogens is 1. The number of hydrogen-bond donors (Lipinski definition) is 1. The van der Waals surface area contributed by atoms with Crippen molar-refractivity contribution in [2.75, 3.05) is 13.7 Å². The molecule has 0 bridgehead atoms. The van der Waals surface area contributed by atoms with Crippen molar-refractivity contribution >= 4 is 39.4 Å². The molecule has 0 aromatic heterocycles. The number of nitrogens with zero attached hydrogens (tertiary/aromatic N) is 1. The van der Waals surface area contributed by atoms with E-state index in [0.29, 0.717) is 17.2 Å². The average molecular weight is 518 g/mol. The third-order valence-corrected chi connectivity index (χ3v) is 9.41. The third-order valence-electron chi connectivity index (χ3n) is 5.90. The topological polar surface area (TPSA) is 83.9 Å². The minimum Gasteiger partial charge on any atom is -0.497 e. The van der Waals surface area contributed by atoms with Gasteiger partial charge < -0.3 is 9.84 Å². The predicted molar refractivity (Wildman–Crippen MR) is 133 cm³/mol. The van der Waals surface area contributed by atoms with Crippen LogP contribution in [-0.2, 0) is 14.8 Å². The highest BCUT2D eigenvalue weighted by molar-refractivity contribution is 8.00. The van der Waals surface area contributed by atoms with E-state index in [1.807, 2.05) is 42.5 Å². The number of carbonyl (C=O) groups is 1. The predicted octanol–water partition coefficient (Wildman–Crippen LogP) is 5.35. The Morgan fingerprint density at radius 1 is 1.03 bits per heavy atom. The summed E-state index contributed by atoms with van der Waals surface area (Å²) in [5.41, 5.74) is 0.779. The lowest BCUT2D eigenvalue weighted by Gasteiger charge is -2.41. The van der Waals surface area contributed by atoms with Crippen LogP contribution in [0.15, 0.2) is 88.7 Å². The van der Waals surface area contributed by atoms with Gasteiger partial charge in [-0.05, 0) is 60.5 Å². The van der Waals surface area contributed by atoms with Gasteiger partial charge in [-0.1, -0.05) is 41.9 Å². The lowest BCUT2D eigenvalue weighted by molar-refractivity contribution is -0.143. The molecular formula is C25H24ClNO5S2. The largest absolute Gasteiger partial charge is 0.497 e. The maximum absolute atomic E-state index is 13.7. The number of ether oxygens (including phenoxy) is 1. The van der Waals surface area contributed by atoms with Crippen LogP contribution < -0.4 is 4.74 Å². The van der Waals surface area contributed by atoms with Gasteiger partial charge in [0.25, 0.3) is 0 Å². The van der Waals surface area contributed by atoms with Gasteiger partial charge in [-0.3, -0.25) is 4.79 Å². The lowest BCUT2D eigenvalue weighted by Crippen LogP contribution is -2.49. The third kappa shape index (κ3) is 5.25. The van der Waals surface area contributed by atoms with Crippen LogP contribution in [0, 0.1) is 5.92 Å². The van der Waals surface area contributed by atoms with E-state index in [4.69, 9.17) is 16.3 Å². The number of piperidine rings is 1. The molecule has 3 aromatic carbocycles. The minimum atomic E-state index is -3.98. The molecule has 1 fully saturated rings. The first-order valence-electron chi connectivity index (χ1n) is 10.7. The molecule has 3 atom stereocenters. The Bertz CT molecular complexity index is 1230. The Morgan fingerprint density at radius 3 is 2.26 bits per heavy atom. The van der Waals surface area contributed by atoms with Crippen LogP contribution in [0.3, 0.4) is 0 Å². The van der Waals surface area contributed by atoms with Gasteiger partial charge in [0.15, 0.2) is 0 Å². The molecule has 6 nitrogen and oxygen atoms in total. The fraction of sp³-hybridized carbons (Fsp3) is 0.240. The summed E-state index contributed by atoms with van der Waals surface area (Å²) in [6.07, 6.45) is 0.343. The summed E-state index contributed by atoms with van der Waals surface area (Å²) in [5, 5.41) is 10.1. The van der Waals surface area contributed by atoms with E-state index in [0.717, 1.165) is 10.5 Å². The fourth-order valence-electron chi connectivity index (χ4n) is 4.12. The van der Waals surface area contributed by atoms with Crippen molar-refractivity contribution < 1.29 is 23.1 Å². The second-order valence-electron chi connectivity index (χ2n) is 7.97. The van der Waals surface area contributed by atoms with E-state index in [1.165, 1.54) is 40.3 Å². The standard InChI is InChI=1S/C25H24ClNO5S2/c1-32-19-11-7-17(8-12-19)23-15-24(33-20-5-3-2-4-6-20)22(25(28)29)16-27(23)34(30,31)21-13-9-18(26)10-14-21/h2-14,22-24H,15-16H2,1H3,(H,28,29)/t22-,23+,24-/m1/s1. The number of thioether (sulfide) groups is 1. The molecule has 178 valence electrons. The molecule has 1 heterocycles. The Hall–Kier alpha value is -2.52. The molecule has 1 aliphatic heterocycles. The molecule has 1 saturated heterocycles. The number of hydrogen-bond acceptors (Lipinski definition) is 5. The van der Waals surface area contributed by atoms with Crippen LogP contribution >= 0.6 is 23.4 Å². The van der Waals surface area contributed by atoms with Crippen LogP contribution in [0.2, 0.25) is 5.02 Å². The second kappa shape index (κ2) is 10.4. The van der Waals surface area contributed by atoms with Crippen LogP contribution in [-0.4, -0.2) is 42.7 Å². The van der Waals surface area contributed by atoms with Crippen LogP contribution in [0.25, 0.3) is 0 Å². The Kier molecular flexibility index (Phi) is 7.52. The van der Waals surface area contributed by atoms with Crippen molar-refractivity contribution in [2.45, 2.75) is 27.5 Å². The molecule has 0 unspecified atom stereocenters. The molecule has 4 rings (SSSR count). The molecular weight excluding hydrogens is 494 g/mol. The van der Waals surface area contributed by atoms with E-state index in [2.05, 4.69) is 0 Å². The average Bonchev–Trinajstić information content (AvgIpc) is 2.84. The summed E-state index contributed by atoms with van der Waals surface area (Å²) in [7, 11) is -2.42. The van der Waals surface area contributed by atoms with Crippen molar-refractivity contribution in [2.24, 2.45) is 5.92 Å². The molecule has 0 aliphatic carbocycles. The summed E-state index contributed by atoms with van der Waals surface area (Å²) in [5.74, 6) is -1.23. The van der Waals surface area contributed by atoms with E-state index in [9.17, 15) is 18.3 Å². The maximum Gasteiger partial charge on any atom is 0.308 e. The number of aliphatic carboxylic acids is 1. The van der Waals surface area contributed by atoms with Gasteiger partial charge in [0.2, 0.25) is 10.0 Å². The van der Waals surface area contributed by atoms with Crippen molar-refractivity contribution in [1.29, 1.82) is 0 Å². The number of carboxylic acids is 1. The Labute approximate surface area is 208 Å². The van der Waals surface area contributed by atoms with E-state index in [-0.39, 0.29) is 16.7 Å². The first-order chi connectivity index (χ1) is 16.3. The zero-order chi connectivity index (χ0) is 24.3. The fourth-order valence-corrected chi connectivity index (χ4v) is 7.20. The number of benzene rings is 3. The van der Waals surface area contributed by atoms with Crippen LogP contribution in [0.4, 0.5) is 0 Å². The summed E-state index contributed by atoms with van der Waals surface area (Å²) < 4.78 is 34.0. The molecule has 3 aromatic rings. The summed E-state index contributed by atoms with van der Waals surface area (Å²) in [6, 6.07) is 22.2. The van der Waals surface area contributed by atoms with E-state index >= 15 is 0 Å². The van der Waals surface area contributed by atoms with E-state index < -0.39 is 28.0 Å². The summed E-state index contributed by atoms with van der Waals surface area (Å²) >= 11 is 7.43. The monoisotopic (exact) mass is 517 g/mol. The van der Waals surface area contributed by atoms with Gasteiger partial charge in [0, 0.05) is 21.7 Å². The van der Waals surface area contributed by atoms with Gasteiger partial charge in [0.1, 0.15) is 5.75 Å². The first kappa shape index (κ1) is 24.6. The molecule has 1 N–H and O–H groups in total. The van der Waals surface area contributed by atoms with Crippen LogP contribution in [0.1, 0.15) is 18.0 Å². The number of methoxy groups -OCH3 is 1. The van der Waals surface area contributed by atoms with Gasteiger partial charge in [-0.15, -0.1) is 11.8 Å². The molecule has 1 aliphatic rings. The highest BCUT2D eigenvalue weighted by Crippen LogP contribution is 2.44. The normalized spacial score (nSPS) is 21.2. The second-order valence-corrected chi connectivity index (χ2v) is 11.6. The van der Waals surface area contributed by atoms with Crippen molar-refractivity contribution in [3.63, 3.8) is 0 Å². The number of rotatable bonds is 7. The zero-order valence-corrected chi connectivity index (χ0v) is 20.8. The Balaban J connectivity index is 1.75. The van der Waals surface area contributed by atoms with Crippen molar-refractivity contribution in [3.05, 3.63) is 89.4 Å². The lowest BCUT2D eigenvalue weighted by atomic mass is 9.90. The van der Waals surface area contributed by atoms with Gasteiger partial charge >= 0.3 is 5.97 Å². The molecule has 0 amide bonds. The Morgan fingerprint density at radius 2 is 1.68 bits per heavy atom. The van der Waals surface area contributed by atoms with Gasteiger partial charge in [-0.2, -0.15) is 4.31 Å². The van der Waals surface area contributed by atoms with Crippen molar-refractivity contribution in [1.82, 2.24) is 4.31 Å². The minimum absolute atomic E-state index is 0.0775. The summed E-state index contributed by atoms with van der Waals surface area (Å²) in [6.45, 7) is -0.137. The molecule has 9 heteroatoms. The SMILES string of the molecule is COc1ccc([C@@H]2C[C@@H](Sc3ccccc3)[C@H](C(=O)O)CN2S(=O)(=O)c2ccc(Cl)cc2)cc1. The van der Waals surface area contributed by atoms with Crippen LogP contribution in [0.5, 0.6) is 5.75 Å². The highest BCUT2D eigenvalue weighted by atomic mass is 35.5. The van der Waals surface area contributed by atoms with E-state index in [1.54, 1.807) is 19.2 Å². The molecule has 0 radical (unpaired) electrons. The van der Waals surface area contributed by atoms with Gasteiger partial charge in [0.05, 0.1) is 24.0 Å². The van der Waals surface area contributed by atoms with Gasteiger partial charge in [-0.25, -0.2) is 8.42 Å². The smallest absolute Gasteiger partial charge is 0.308 e.